The van der Waals surface area contributed by atoms with Gasteiger partial charge in [-0.2, -0.15) is 0 Å². The summed E-state index contributed by atoms with van der Waals surface area (Å²) >= 11 is 0. The van der Waals surface area contributed by atoms with Crippen molar-refractivity contribution in [2.75, 3.05) is 24.3 Å². The van der Waals surface area contributed by atoms with E-state index in [1.54, 1.807) is 0 Å². The summed E-state index contributed by atoms with van der Waals surface area (Å²) in [5.41, 5.74) is 1.93. The van der Waals surface area contributed by atoms with Crippen LogP contribution in [0.3, 0.4) is 0 Å². The maximum Gasteiger partial charge on any atom is 0.221 e. The number of aliphatic imine (C=N–C) groups is 1. The van der Waals surface area contributed by atoms with Gasteiger partial charge in [-0.15, -0.1) is 0 Å². The molecule has 0 bridgehead atoms. The minimum atomic E-state index is -0.0471. The fourth-order valence-electron chi connectivity index (χ4n) is 3.07. The zero-order valence-electron chi connectivity index (χ0n) is 13.2. The summed E-state index contributed by atoms with van der Waals surface area (Å²) < 4.78 is 0. The minimum absolute atomic E-state index is 0.0471. The van der Waals surface area contributed by atoms with Gasteiger partial charge >= 0.3 is 0 Å². The molecule has 0 heterocycles. The van der Waals surface area contributed by atoms with Gasteiger partial charge in [0.15, 0.2) is 0 Å². The third kappa shape index (κ3) is 4.06. The molecule has 4 heteroatoms. The SMILES string of the molecule is CN=C(C1CCCCC1)N(C)c1ccc(NC(C)=O)cc1. The van der Waals surface area contributed by atoms with Crippen LogP contribution < -0.4 is 10.2 Å². The zero-order valence-corrected chi connectivity index (χ0v) is 13.2. The van der Waals surface area contributed by atoms with Crippen molar-refractivity contribution in [3.63, 3.8) is 0 Å². The smallest absolute Gasteiger partial charge is 0.221 e. The van der Waals surface area contributed by atoms with E-state index in [9.17, 15) is 4.79 Å². The molecule has 1 N–H and O–H groups in total. The summed E-state index contributed by atoms with van der Waals surface area (Å²) in [6.07, 6.45) is 6.43. The van der Waals surface area contributed by atoms with Gasteiger partial charge in [-0.3, -0.25) is 9.79 Å². The third-order valence-electron chi connectivity index (χ3n) is 4.12. The molecule has 1 saturated carbocycles. The van der Waals surface area contributed by atoms with Gasteiger partial charge in [-0.05, 0) is 37.1 Å². The molecule has 0 spiro atoms. The van der Waals surface area contributed by atoms with E-state index in [1.165, 1.54) is 44.9 Å². The summed E-state index contributed by atoms with van der Waals surface area (Å²) in [6, 6.07) is 7.92. The lowest BCUT2D eigenvalue weighted by Crippen LogP contribution is -2.34. The molecular formula is C17H25N3O. The summed E-state index contributed by atoms with van der Waals surface area (Å²) in [5, 5.41) is 2.79. The summed E-state index contributed by atoms with van der Waals surface area (Å²) in [4.78, 5) is 17.8. The monoisotopic (exact) mass is 287 g/mol. The van der Waals surface area contributed by atoms with Crippen molar-refractivity contribution in [1.82, 2.24) is 0 Å². The van der Waals surface area contributed by atoms with Crippen LogP contribution in [0, 0.1) is 5.92 Å². The number of anilines is 2. The molecule has 114 valence electrons. The summed E-state index contributed by atoms with van der Waals surface area (Å²) in [7, 11) is 3.95. The number of carbonyl (C=O) groups is 1. The Hall–Kier alpha value is -1.84. The van der Waals surface area contributed by atoms with E-state index in [2.05, 4.69) is 22.3 Å². The Morgan fingerprint density at radius 1 is 1.19 bits per heavy atom. The maximum absolute atomic E-state index is 11.1. The van der Waals surface area contributed by atoms with E-state index in [-0.39, 0.29) is 5.91 Å². The van der Waals surface area contributed by atoms with E-state index in [0.29, 0.717) is 5.92 Å². The van der Waals surface area contributed by atoms with Crippen LogP contribution in [0.25, 0.3) is 0 Å². The first-order valence-electron chi connectivity index (χ1n) is 7.70. The van der Waals surface area contributed by atoms with Crippen LogP contribution in [0.5, 0.6) is 0 Å². The van der Waals surface area contributed by atoms with E-state index in [4.69, 9.17) is 0 Å². The van der Waals surface area contributed by atoms with Gasteiger partial charge in [-0.25, -0.2) is 0 Å². The summed E-state index contributed by atoms with van der Waals surface area (Å²) in [6.45, 7) is 1.52. The van der Waals surface area contributed by atoms with Crippen LogP contribution in [0.2, 0.25) is 0 Å². The molecule has 1 aromatic carbocycles. The molecule has 0 radical (unpaired) electrons. The van der Waals surface area contributed by atoms with Gasteiger partial charge in [0, 0.05) is 38.3 Å². The molecule has 2 rings (SSSR count). The first-order valence-corrected chi connectivity index (χ1v) is 7.70. The topological polar surface area (TPSA) is 44.7 Å². The normalized spacial score (nSPS) is 16.6. The van der Waals surface area contributed by atoms with Gasteiger partial charge < -0.3 is 10.2 Å². The van der Waals surface area contributed by atoms with Crippen LogP contribution in [0.15, 0.2) is 29.3 Å². The minimum Gasteiger partial charge on any atom is -0.333 e. The quantitative estimate of drug-likeness (QED) is 0.680. The lowest BCUT2D eigenvalue weighted by atomic mass is 9.88. The first-order chi connectivity index (χ1) is 10.1. The number of hydrogen-bond donors (Lipinski definition) is 1. The van der Waals surface area contributed by atoms with E-state index < -0.39 is 0 Å². The lowest BCUT2D eigenvalue weighted by molar-refractivity contribution is -0.114. The molecule has 1 aliphatic rings. The van der Waals surface area contributed by atoms with Crippen LogP contribution >= 0.6 is 0 Å². The number of carbonyl (C=O) groups excluding carboxylic acids is 1. The van der Waals surface area contributed by atoms with Crippen LogP contribution in [0.4, 0.5) is 11.4 Å². The molecule has 1 amide bonds. The van der Waals surface area contributed by atoms with Crippen molar-refractivity contribution in [2.45, 2.75) is 39.0 Å². The molecule has 0 aliphatic heterocycles. The van der Waals surface area contributed by atoms with E-state index in [0.717, 1.165) is 11.4 Å². The highest BCUT2D eigenvalue weighted by Gasteiger charge is 2.22. The zero-order chi connectivity index (χ0) is 15.2. The van der Waals surface area contributed by atoms with Crippen LogP contribution in [0.1, 0.15) is 39.0 Å². The van der Waals surface area contributed by atoms with Crippen LogP contribution in [-0.2, 0) is 4.79 Å². The Labute approximate surface area is 127 Å². The third-order valence-corrected chi connectivity index (χ3v) is 4.12. The number of benzene rings is 1. The van der Waals surface area contributed by atoms with Crippen molar-refractivity contribution in [3.8, 4) is 0 Å². The average Bonchev–Trinajstić information content (AvgIpc) is 2.49. The molecule has 1 aliphatic carbocycles. The number of rotatable bonds is 3. The second-order valence-electron chi connectivity index (χ2n) is 5.70. The predicted octanol–water partition coefficient (Wildman–Crippen LogP) is 3.69. The van der Waals surface area contributed by atoms with Crippen molar-refractivity contribution in [3.05, 3.63) is 24.3 Å². The van der Waals surface area contributed by atoms with Crippen molar-refractivity contribution in [1.29, 1.82) is 0 Å². The molecule has 1 fully saturated rings. The standard InChI is InChI=1S/C17H25N3O/c1-13(21)19-15-9-11-16(12-10-15)20(3)17(18-2)14-7-5-4-6-8-14/h9-12,14H,4-8H2,1-3H3,(H,19,21). The Morgan fingerprint density at radius 3 is 2.33 bits per heavy atom. The Balaban J connectivity index is 2.10. The maximum atomic E-state index is 11.1. The Morgan fingerprint density at radius 2 is 1.81 bits per heavy atom. The highest BCUT2D eigenvalue weighted by molar-refractivity contribution is 5.99. The highest BCUT2D eigenvalue weighted by atomic mass is 16.1. The largest absolute Gasteiger partial charge is 0.333 e. The van der Waals surface area contributed by atoms with Crippen molar-refractivity contribution in [2.24, 2.45) is 10.9 Å². The second kappa shape index (κ2) is 7.25. The van der Waals surface area contributed by atoms with Gasteiger partial charge in [0.25, 0.3) is 0 Å². The van der Waals surface area contributed by atoms with Crippen LogP contribution in [-0.4, -0.2) is 25.8 Å². The fourth-order valence-corrected chi connectivity index (χ4v) is 3.07. The number of nitrogens with one attached hydrogen (secondary N) is 1. The average molecular weight is 287 g/mol. The molecule has 0 atom stereocenters. The van der Waals surface area contributed by atoms with E-state index >= 15 is 0 Å². The predicted molar refractivity (Wildman–Crippen MR) is 89.1 cm³/mol. The second-order valence-corrected chi connectivity index (χ2v) is 5.70. The number of hydrogen-bond acceptors (Lipinski definition) is 2. The molecule has 0 aromatic heterocycles. The molecule has 0 saturated heterocycles. The van der Waals surface area contributed by atoms with Gasteiger partial charge in [0.2, 0.25) is 5.91 Å². The molecule has 1 aromatic rings. The first kappa shape index (κ1) is 15.5. The Kier molecular flexibility index (Phi) is 5.37. The van der Waals surface area contributed by atoms with Gasteiger partial charge in [0.1, 0.15) is 5.84 Å². The molecular weight excluding hydrogens is 262 g/mol. The molecule has 0 unspecified atom stereocenters. The summed E-state index contributed by atoms with van der Waals surface area (Å²) in [5.74, 6) is 1.69. The molecule has 4 nitrogen and oxygen atoms in total. The Bertz CT molecular complexity index is 501. The van der Waals surface area contributed by atoms with E-state index in [1.807, 2.05) is 31.3 Å². The highest BCUT2D eigenvalue weighted by Crippen LogP contribution is 2.28. The van der Waals surface area contributed by atoms with Gasteiger partial charge in [-0.1, -0.05) is 19.3 Å². The molecule has 21 heavy (non-hydrogen) atoms. The number of nitrogens with zero attached hydrogens (tertiary/aromatic N) is 2. The van der Waals surface area contributed by atoms with Crippen molar-refractivity contribution < 1.29 is 4.79 Å². The number of amidine groups is 1. The van der Waals surface area contributed by atoms with Gasteiger partial charge in [0.05, 0.1) is 0 Å². The van der Waals surface area contributed by atoms with Crippen molar-refractivity contribution >= 4 is 23.1 Å². The number of amides is 1. The fraction of sp³-hybridized carbons (Fsp3) is 0.529. The lowest BCUT2D eigenvalue weighted by Gasteiger charge is -2.30.